The van der Waals surface area contributed by atoms with Gasteiger partial charge in [-0.1, -0.05) is 36.4 Å². The first-order valence-electron chi connectivity index (χ1n) is 8.70. The topological polar surface area (TPSA) is 76.1 Å². The van der Waals surface area contributed by atoms with Crippen LogP contribution in [0.3, 0.4) is 0 Å². The van der Waals surface area contributed by atoms with Crippen molar-refractivity contribution < 1.29 is 24.2 Å². The summed E-state index contributed by atoms with van der Waals surface area (Å²) in [7, 11) is 0. The number of rotatable bonds is 8. The summed E-state index contributed by atoms with van der Waals surface area (Å²) in [4.78, 5) is 24.6. The maximum Gasteiger partial charge on any atom is 0.320 e. The van der Waals surface area contributed by atoms with E-state index in [1.165, 1.54) is 6.08 Å². The Bertz CT molecular complexity index is 845. The van der Waals surface area contributed by atoms with Crippen molar-refractivity contribution in [3.63, 3.8) is 0 Å². The molecule has 0 radical (unpaired) electrons. The van der Waals surface area contributed by atoms with Crippen molar-refractivity contribution in [3.05, 3.63) is 65.7 Å². The van der Waals surface area contributed by atoms with E-state index in [2.05, 4.69) is 0 Å². The van der Waals surface area contributed by atoms with Crippen LogP contribution < -0.4 is 9.47 Å². The molecule has 0 aromatic heterocycles. The molecule has 0 saturated carbocycles. The van der Waals surface area contributed by atoms with E-state index < -0.39 is 18.1 Å². The van der Waals surface area contributed by atoms with E-state index in [1.807, 2.05) is 54.5 Å². The fraction of sp³-hybridized carbons (Fsp3) is 0.286. The Labute approximate surface area is 157 Å². The summed E-state index contributed by atoms with van der Waals surface area (Å²) >= 11 is 0. The Morgan fingerprint density at radius 1 is 1.19 bits per heavy atom. The SMILES string of the molecule is C[C@@H](C(=O)O)N(Cc1ccccc1)C(C=C=O)Cc1ccc2c(c1)OCO2. The molecular weight excluding hydrogens is 346 g/mol. The third-order valence-corrected chi connectivity index (χ3v) is 4.63. The Kier molecular flexibility index (Phi) is 5.91. The van der Waals surface area contributed by atoms with Crippen LogP contribution in [0.5, 0.6) is 11.5 Å². The number of carboxylic acid groups (broad SMARTS) is 1. The minimum absolute atomic E-state index is 0.187. The Morgan fingerprint density at radius 2 is 1.93 bits per heavy atom. The van der Waals surface area contributed by atoms with Crippen LogP contribution in [-0.2, 0) is 22.6 Å². The fourth-order valence-corrected chi connectivity index (χ4v) is 3.14. The number of fused-ring (bicyclic) bond motifs is 1. The molecule has 1 heterocycles. The molecule has 0 bridgehead atoms. The van der Waals surface area contributed by atoms with Crippen molar-refractivity contribution in [3.8, 4) is 11.5 Å². The second-order valence-electron chi connectivity index (χ2n) is 6.42. The number of aliphatic carboxylic acids is 1. The van der Waals surface area contributed by atoms with Gasteiger partial charge in [0.1, 0.15) is 12.0 Å². The maximum atomic E-state index is 11.7. The molecule has 6 nitrogen and oxygen atoms in total. The molecule has 27 heavy (non-hydrogen) atoms. The van der Waals surface area contributed by atoms with E-state index in [4.69, 9.17) is 9.47 Å². The normalized spacial score (nSPS) is 14.4. The van der Waals surface area contributed by atoms with Gasteiger partial charge in [-0.15, -0.1) is 0 Å². The first kappa shape index (κ1) is 18.7. The van der Waals surface area contributed by atoms with Crippen LogP contribution in [0, 0.1) is 0 Å². The van der Waals surface area contributed by atoms with Gasteiger partial charge in [0.25, 0.3) is 0 Å². The van der Waals surface area contributed by atoms with Gasteiger partial charge in [0.05, 0.1) is 0 Å². The smallest absolute Gasteiger partial charge is 0.320 e. The molecule has 2 aromatic carbocycles. The van der Waals surface area contributed by atoms with E-state index in [0.29, 0.717) is 24.5 Å². The lowest BCUT2D eigenvalue weighted by atomic mass is 10.0. The highest BCUT2D eigenvalue weighted by molar-refractivity contribution is 5.73. The summed E-state index contributed by atoms with van der Waals surface area (Å²) in [5.41, 5.74) is 1.90. The number of hydrogen-bond acceptors (Lipinski definition) is 5. The third-order valence-electron chi connectivity index (χ3n) is 4.63. The molecule has 0 saturated heterocycles. The number of nitrogens with zero attached hydrogens (tertiary/aromatic N) is 1. The summed E-state index contributed by atoms with van der Waals surface area (Å²) in [6.07, 6.45) is 1.84. The molecule has 0 fully saturated rings. The molecule has 3 rings (SSSR count). The number of benzene rings is 2. The highest BCUT2D eigenvalue weighted by Crippen LogP contribution is 2.33. The number of carboxylic acids is 1. The van der Waals surface area contributed by atoms with Crippen molar-refractivity contribution in [2.45, 2.75) is 32.0 Å². The third kappa shape index (κ3) is 4.56. The fourth-order valence-electron chi connectivity index (χ4n) is 3.14. The zero-order valence-corrected chi connectivity index (χ0v) is 15.0. The van der Waals surface area contributed by atoms with E-state index >= 15 is 0 Å². The molecule has 0 amide bonds. The Balaban J connectivity index is 1.87. The predicted octanol–water partition coefficient (Wildman–Crippen LogP) is 2.69. The average Bonchev–Trinajstić information content (AvgIpc) is 3.14. The van der Waals surface area contributed by atoms with E-state index in [0.717, 1.165) is 11.1 Å². The van der Waals surface area contributed by atoms with Gasteiger partial charge < -0.3 is 14.6 Å². The monoisotopic (exact) mass is 367 g/mol. The van der Waals surface area contributed by atoms with Gasteiger partial charge >= 0.3 is 5.97 Å². The molecule has 1 N–H and O–H groups in total. The van der Waals surface area contributed by atoms with Crippen molar-refractivity contribution in [1.29, 1.82) is 0 Å². The molecule has 1 aliphatic rings. The number of carbonyl (C=O) groups excluding carboxylic acids is 1. The van der Waals surface area contributed by atoms with Crippen molar-refractivity contribution in [2.24, 2.45) is 0 Å². The van der Waals surface area contributed by atoms with Crippen molar-refractivity contribution in [1.82, 2.24) is 4.90 Å². The minimum Gasteiger partial charge on any atom is -0.480 e. The first-order valence-corrected chi connectivity index (χ1v) is 8.70. The second kappa shape index (κ2) is 8.54. The zero-order chi connectivity index (χ0) is 19.2. The molecule has 140 valence electrons. The molecule has 6 heteroatoms. The van der Waals surface area contributed by atoms with Gasteiger partial charge in [0.15, 0.2) is 11.5 Å². The zero-order valence-electron chi connectivity index (χ0n) is 15.0. The number of hydrogen-bond donors (Lipinski definition) is 1. The standard InChI is InChI=1S/C21H21NO5/c1-15(21(24)25)22(13-16-5-3-2-4-6-16)18(9-10-23)11-17-7-8-19-20(12-17)27-14-26-19/h2-9,12,15,18H,11,13-14H2,1H3,(H,24,25)/t15-,18?/m0/s1. The molecule has 2 aromatic rings. The van der Waals surface area contributed by atoms with Crippen molar-refractivity contribution in [2.75, 3.05) is 6.79 Å². The predicted molar refractivity (Wildman–Crippen MR) is 99.4 cm³/mol. The Morgan fingerprint density at radius 3 is 2.63 bits per heavy atom. The van der Waals surface area contributed by atoms with Crippen LogP contribution in [0.25, 0.3) is 0 Å². The first-order chi connectivity index (χ1) is 13.1. The number of ether oxygens (including phenoxy) is 2. The Hall–Kier alpha value is -3.08. The molecule has 0 aliphatic carbocycles. The van der Waals surface area contributed by atoms with Crippen molar-refractivity contribution >= 4 is 11.9 Å². The summed E-state index contributed by atoms with van der Waals surface area (Å²) in [6.45, 7) is 2.21. The van der Waals surface area contributed by atoms with E-state index in [-0.39, 0.29) is 6.79 Å². The van der Waals surface area contributed by atoms with Gasteiger partial charge in [-0.05, 0) is 36.6 Å². The van der Waals surface area contributed by atoms with Crippen LogP contribution >= 0.6 is 0 Å². The molecule has 1 unspecified atom stereocenters. The van der Waals surface area contributed by atoms with Crippen LogP contribution in [0.2, 0.25) is 0 Å². The molecule has 2 atom stereocenters. The highest BCUT2D eigenvalue weighted by Gasteiger charge is 2.28. The lowest BCUT2D eigenvalue weighted by Crippen LogP contribution is -2.45. The lowest BCUT2D eigenvalue weighted by molar-refractivity contribution is -0.143. The quantitative estimate of drug-likeness (QED) is 0.723. The minimum atomic E-state index is -0.944. The molecule has 1 aliphatic heterocycles. The molecule has 0 spiro atoms. The average molecular weight is 367 g/mol. The van der Waals surface area contributed by atoms with E-state index in [9.17, 15) is 14.7 Å². The lowest BCUT2D eigenvalue weighted by Gasteiger charge is -2.32. The van der Waals surface area contributed by atoms with Gasteiger partial charge in [-0.25, -0.2) is 4.79 Å². The summed E-state index contributed by atoms with van der Waals surface area (Å²) in [5.74, 6) is 2.23. The maximum absolute atomic E-state index is 11.7. The second-order valence-corrected chi connectivity index (χ2v) is 6.42. The van der Waals surface area contributed by atoms with Crippen LogP contribution in [0.4, 0.5) is 0 Å². The van der Waals surface area contributed by atoms with Crippen LogP contribution in [0.1, 0.15) is 18.1 Å². The van der Waals surface area contributed by atoms with E-state index in [1.54, 1.807) is 11.8 Å². The highest BCUT2D eigenvalue weighted by atomic mass is 16.7. The van der Waals surface area contributed by atoms with Gasteiger partial charge in [0.2, 0.25) is 6.79 Å². The summed E-state index contributed by atoms with van der Waals surface area (Å²) in [5, 5.41) is 9.55. The van der Waals surface area contributed by atoms with Crippen LogP contribution in [-0.4, -0.2) is 40.8 Å². The van der Waals surface area contributed by atoms with Gasteiger partial charge in [0, 0.05) is 18.7 Å². The summed E-state index contributed by atoms with van der Waals surface area (Å²) in [6, 6.07) is 14.0. The van der Waals surface area contributed by atoms with Gasteiger partial charge in [-0.3, -0.25) is 9.69 Å². The summed E-state index contributed by atoms with van der Waals surface area (Å²) < 4.78 is 10.7. The number of carbonyl (C=O) groups is 1. The van der Waals surface area contributed by atoms with Gasteiger partial charge in [-0.2, -0.15) is 0 Å². The largest absolute Gasteiger partial charge is 0.480 e. The molecular formula is C21H21NO5. The van der Waals surface area contributed by atoms with Crippen LogP contribution in [0.15, 0.2) is 54.6 Å².